The molecule has 1 fully saturated rings. The van der Waals surface area contributed by atoms with E-state index in [1.54, 1.807) is 7.11 Å². The van der Waals surface area contributed by atoms with E-state index < -0.39 is 5.60 Å². The Labute approximate surface area is 134 Å². The SMILES string of the molecule is COc1ccc(CCC2(O)CCCCC2N(C)C)cc1.Cl. The summed E-state index contributed by atoms with van der Waals surface area (Å²) in [6, 6.07) is 8.45. The summed E-state index contributed by atoms with van der Waals surface area (Å²) < 4.78 is 5.18. The number of aliphatic hydroxyl groups is 1. The number of nitrogens with zero attached hydrogens (tertiary/aromatic N) is 1. The third kappa shape index (κ3) is 4.60. The predicted octanol–water partition coefficient (Wildman–Crippen LogP) is 3.28. The molecule has 4 heteroatoms. The largest absolute Gasteiger partial charge is 0.497 e. The summed E-state index contributed by atoms with van der Waals surface area (Å²) in [5.74, 6) is 0.885. The van der Waals surface area contributed by atoms with Gasteiger partial charge >= 0.3 is 0 Å². The number of aryl methyl sites for hydroxylation is 1. The lowest BCUT2D eigenvalue weighted by Gasteiger charge is -2.43. The van der Waals surface area contributed by atoms with Crippen LogP contribution in [-0.4, -0.2) is 42.9 Å². The van der Waals surface area contributed by atoms with Crippen molar-refractivity contribution in [2.45, 2.75) is 50.2 Å². The summed E-state index contributed by atoms with van der Waals surface area (Å²) in [6.07, 6.45) is 6.16. The molecule has 2 unspecified atom stereocenters. The maximum atomic E-state index is 11.0. The van der Waals surface area contributed by atoms with E-state index in [9.17, 15) is 5.11 Å². The quantitative estimate of drug-likeness (QED) is 0.905. The van der Waals surface area contributed by atoms with Gasteiger partial charge in [0, 0.05) is 6.04 Å². The highest BCUT2D eigenvalue weighted by Gasteiger charge is 2.39. The Hall–Kier alpha value is -0.770. The van der Waals surface area contributed by atoms with E-state index in [4.69, 9.17) is 4.74 Å². The van der Waals surface area contributed by atoms with E-state index in [1.807, 2.05) is 12.1 Å². The number of halogens is 1. The van der Waals surface area contributed by atoms with Crippen molar-refractivity contribution in [2.75, 3.05) is 21.2 Å². The predicted molar refractivity (Wildman–Crippen MR) is 89.5 cm³/mol. The summed E-state index contributed by atoms with van der Waals surface area (Å²) in [4.78, 5) is 2.19. The molecular formula is C17H28ClNO2. The van der Waals surface area contributed by atoms with Crippen LogP contribution in [0.4, 0.5) is 0 Å². The van der Waals surface area contributed by atoms with Crippen LogP contribution in [0.3, 0.4) is 0 Å². The van der Waals surface area contributed by atoms with Crippen LogP contribution in [0.1, 0.15) is 37.7 Å². The zero-order valence-corrected chi connectivity index (χ0v) is 14.2. The molecule has 1 saturated carbocycles. The second kappa shape index (κ2) is 8.02. The van der Waals surface area contributed by atoms with E-state index in [1.165, 1.54) is 12.0 Å². The Balaban J connectivity index is 0.00000220. The molecule has 1 aliphatic carbocycles. The maximum Gasteiger partial charge on any atom is 0.118 e. The van der Waals surface area contributed by atoms with Crippen LogP contribution in [0.25, 0.3) is 0 Å². The van der Waals surface area contributed by atoms with Gasteiger partial charge in [-0.25, -0.2) is 0 Å². The van der Waals surface area contributed by atoms with Gasteiger partial charge in [0.25, 0.3) is 0 Å². The van der Waals surface area contributed by atoms with Crippen molar-refractivity contribution in [3.05, 3.63) is 29.8 Å². The number of hydrogen-bond acceptors (Lipinski definition) is 3. The number of hydrogen-bond donors (Lipinski definition) is 1. The number of benzene rings is 1. The first-order valence-corrected chi connectivity index (χ1v) is 7.57. The average molecular weight is 314 g/mol. The highest BCUT2D eigenvalue weighted by molar-refractivity contribution is 5.85. The van der Waals surface area contributed by atoms with Gasteiger partial charge in [0.2, 0.25) is 0 Å². The summed E-state index contributed by atoms with van der Waals surface area (Å²) in [7, 11) is 5.84. The first kappa shape index (κ1) is 18.3. The molecule has 1 aromatic carbocycles. The fraction of sp³-hybridized carbons (Fsp3) is 0.647. The van der Waals surface area contributed by atoms with Gasteiger partial charge in [-0.05, 0) is 57.5 Å². The highest BCUT2D eigenvalue weighted by atomic mass is 35.5. The van der Waals surface area contributed by atoms with Gasteiger partial charge in [0.05, 0.1) is 12.7 Å². The summed E-state index contributed by atoms with van der Waals surface area (Å²) >= 11 is 0. The van der Waals surface area contributed by atoms with Gasteiger partial charge < -0.3 is 14.7 Å². The standard InChI is InChI=1S/C17H27NO2.ClH/c1-18(2)16-6-4-5-12-17(16,19)13-11-14-7-9-15(20-3)10-8-14;/h7-10,16,19H,4-6,11-13H2,1-3H3;1H. The van der Waals surface area contributed by atoms with Crippen molar-refractivity contribution in [2.24, 2.45) is 0 Å². The van der Waals surface area contributed by atoms with Gasteiger partial charge in [-0.2, -0.15) is 0 Å². The molecular weight excluding hydrogens is 286 g/mol. The van der Waals surface area contributed by atoms with E-state index in [2.05, 4.69) is 31.1 Å². The van der Waals surface area contributed by atoms with E-state index in [0.29, 0.717) is 0 Å². The summed E-state index contributed by atoms with van der Waals surface area (Å²) in [5.41, 5.74) is 0.726. The Morgan fingerprint density at radius 2 is 1.90 bits per heavy atom. The van der Waals surface area contributed by atoms with Crippen LogP contribution in [0.5, 0.6) is 5.75 Å². The summed E-state index contributed by atoms with van der Waals surface area (Å²) in [5, 5.41) is 11.0. The topological polar surface area (TPSA) is 32.7 Å². The molecule has 120 valence electrons. The van der Waals surface area contributed by atoms with Gasteiger partial charge in [0.1, 0.15) is 5.75 Å². The number of methoxy groups -OCH3 is 1. The molecule has 0 aromatic heterocycles. The first-order valence-electron chi connectivity index (χ1n) is 7.57. The zero-order valence-electron chi connectivity index (χ0n) is 13.3. The van der Waals surface area contributed by atoms with Gasteiger partial charge in [-0.15, -0.1) is 12.4 Å². The monoisotopic (exact) mass is 313 g/mol. The lowest BCUT2D eigenvalue weighted by molar-refractivity contribution is -0.0659. The molecule has 21 heavy (non-hydrogen) atoms. The van der Waals surface area contributed by atoms with Gasteiger partial charge in [0.15, 0.2) is 0 Å². The van der Waals surface area contributed by atoms with Gasteiger partial charge in [-0.1, -0.05) is 25.0 Å². The molecule has 0 spiro atoms. The molecule has 1 aliphatic rings. The van der Waals surface area contributed by atoms with Crippen LogP contribution in [-0.2, 0) is 6.42 Å². The molecule has 0 radical (unpaired) electrons. The minimum Gasteiger partial charge on any atom is -0.497 e. The highest BCUT2D eigenvalue weighted by Crippen LogP contribution is 2.34. The number of rotatable bonds is 5. The molecule has 1 aromatic rings. The molecule has 3 nitrogen and oxygen atoms in total. The minimum absolute atomic E-state index is 0. The Morgan fingerprint density at radius 3 is 2.48 bits per heavy atom. The molecule has 0 amide bonds. The Kier molecular flexibility index (Phi) is 6.98. The Bertz CT molecular complexity index is 421. The summed E-state index contributed by atoms with van der Waals surface area (Å²) in [6.45, 7) is 0. The maximum absolute atomic E-state index is 11.0. The van der Waals surface area contributed by atoms with Crippen molar-refractivity contribution in [1.29, 1.82) is 0 Å². The van der Waals surface area contributed by atoms with Gasteiger partial charge in [-0.3, -0.25) is 0 Å². The molecule has 0 saturated heterocycles. The van der Waals surface area contributed by atoms with Crippen LogP contribution < -0.4 is 4.74 Å². The third-order valence-electron chi connectivity index (χ3n) is 4.59. The minimum atomic E-state index is -0.540. The lowest BCUT2D eigenvalue weighted by Crippen LogP contribution is -2.52. The Morgan fingerprint density at radius 1 is 1.24 bits per heavy atom. The van der Waals surface area contributed by atoms with Crippen molar-refractivity contribution < 1.29 is 9.84 Å². The third-order valence-corrected chi connectivity index (χ3v) is 4.59. The van der Waals surface area contributed by atoms with Crippen LogP contribution >= 0.6 is 12.4 Å². The normalized spacial score (nSPS) is 25.5. The molecule has 2 atom stereocenters. The molecule has 0 bridgehead atoms. The lowest BCUT2D eigenvalue weighted by atomic mass is 9.76. The van der Waals surface area contributed by atoms with Crippen molar-refractivity contribution in [3.63, 3.8) is 0 Å². The van der Waals surface area contributed by atoms with Crippen LogP contribution in [0.2, 0.25) is 0 Å². The van der Waals surface area contributed by atoms with E-state index >= 15 is 0 Å². The molecule has 0 heterocycles. The van der Waals surface area contributed by atoms with Crippen molar-refractivity contribution in [1.82, 2.24) is 4.90 Å². The van der Waals surface area contributed by atoms with E-state index in [0.717, 1.165) is 37.9 Å². The second-order valence-electron chi connectivity index (χ2n) is 6.18. The van der Waals surface area contributed by atoms with Crippen LogP contribution in [0.15, 0.2) is 24.3 Å². The molecule has 2 rings (SSSR count). The zero-order chi connectivity index (χ0) is 14.6. The fourth-order valence-corrected chi connectivity index (χ4v) is 3.39. The number of likely N-dealkylation sites (N-methyl/N-ethyl adjacent to an activating group) is 1. The van der Waals surface area contributed by atoms with Crippen molar-refractivity contribution >= 4 is 12.4 Å². The fourth-order valence-electron chi connectivity index (χ4n) is 3.39. The van der Waals surface area contributed by atoms with Crippen molar-refractivity contribution in [3.8, 4) is 5.75 Å². The molecule has 0 aliphatic heterocycles. The second-order valence-corrected chi connectivity index (χ2v) is 6.18. The van der Waals surface area contributed by atoms with E-state index in [-0.39, 0.29) is 18.4 Å². The van der Waals surface area contributed by atoms with Crippen LogP contribution in [0, 0.1) is 0 Å². The first-order chi connectivity index (χ1) is 9.55. The molecule has 1 N–H and O–H groups in total. The number of ether oxygens (including phenoxy) is 1. The smallest absolute Gasteiger partial charge is 0.118 e. The average Bonchev–Trinajstić information content (AvgIpc) is 2.46.